The number of amides is 2. The van der Waals surface area contributed by atoms with Gasteiger partial charge >= 0.3 is 0 Å². The van der Waals surface area contributed by atoms with E-state index in [1.165, 1.54) is 7.11 Å². The first-order chi connectivity index (χ1) is 11.0. The van der Waals surface area contributed by atoms with E-state index >= 15 is 0 Å². The van der Waals surface area contributed by atoms with Crippen LogP contribution in [0.3, 0.4) is 0 Å². The topological polar surface area (TPSA) is 85.7 Å². The molecule has 8 heteroatoms. The Morgan fingerprint density at radius 3 is 2.74 bits per heavy atom. The lowest BCUT2D eigenvalue weighted by atomic mass is 9.95. The molecule has 1 aliphatic heterocycles. The van der Waals surface area contributed by atoms with Crippen LogP contribution in [0.25, 0.3) is 0 Å². The van der Waals surface area contributed by atoms with Crippen LogP contribution in [0.4, 0.5) is 0 Å². The van der Waals surface area contributed by atoms with Crippen LogP contribution in [-0.4, -0.2) is 66.5 Å². The number of nitrogens with zero attached hydrogens (tertiary/aromatic N) is 3. The summed E-state index contributed by atoms with van der Waals surface area (Å²) in [7, 11) is 6.41. The number of hydrogen-bond donors (Lipinski definition) is 1. The summed E-state index contributed by atoms with van der Waals surface area (Å²) in [5.41, 5.74) is 0.0524. The Labute approximate surface area is 135 Å². The van der Waals surface area contributed by atoms with Crippen molar-refractivity contribution < 1.29 is 19.1 Å². The van der Waals surface area contributed by atoms with Gasteiger partial charge in [0, 0.05) is 41.1 Å². The van der Waals surface area contributed by atoms with E-state index in [2.05, 4.69) is 10.4 Å². The summed E-state index contributed by atoms with van der Waals surface area (Å²) in [6, 6.07) is 0. The maximum Gasteiger partial charge on any atom is 0.258 e. The summed E-state index contributed by atoms with van der Waals surface area (Å²) < 4.78 is 11.9. The summed E-state index contributed by atoms with van der Waals surface area (Å²) in [5, 5.41) is 6.92. The van der Waals surface area contributed by atoms with Crippen molar-refractivity contribution in [1.29, 1.82) is 0 Å². The molecule has 128 valence electrons. The molecule has 1 saturated heterocycles. The van der Waals surface area contributed by atoms with Gasteiger partial charge in [-0.15, -0.1) is 0 Å². The minimum absolute atomic E-state index is 0.165. The zero-order valence-corrected chi connectivity index (χ0v) is 14.1. The van der Waals surface area contributed by atoms with E-state index in [-0.39, 0.29) is 25.0 Å². The van der Waals surface area contributed by atoms with E-state index in [0.717, 1.165) is 6.42 Å². The van der Waals surface area contributed by atoms with Crippen molar-refractivity contribution in [3.63, 3.8) is 0 Å². The molecule has 1 atom stereocenters. The summed E-state index contributed by atoms with van der Waals surface area (Å²) in [5.74, 6) is -0.425. The van der Waals surface area contributed by atoms with E-state index in [1.807, 2.05) is 0 Å². The van der Waals surface area contributed by atoms with Gasteiger partial charge in [-0.05, 0) is 12.8 Å². The first-order valence-corrected chi connectivity index (χ1v) is 7.54. The third-order valence-corrected chi connectivity index (χ3v) is 4.18. The second-order valence-electron chi connectivity index (χ2n) is 5.70. The second kappa shape index (κ2) is 7.10. The molecular formula is C15H24N4O4. The van der Waals surface area contributed by atoms with Crippen molar-refractivity contribution in [1.82, 2.24) is 20.0 Å². The Morgan fingerprint density at radius 1 is 1.39 bits per heavy atom. The fourth-order valence-corrected chi connectivity index (χ4v) is 3.20. The number of hydrogen-bond acceptors (Lipinski definition) is 5. The van der Waals surface area contributed by atoms with E-state index in [9.17, 15) is 9.59 Å². The molecule has 1 aliphatic rings. The number of aryl methyl sites for hydroxylation is 1. The van der Waals surface area contributed by atoms with Gasteiger partial charge in [0.15, 0.2) is 0 Å². The van der Waals surface area contributed by atoms with Gasteiger partial charge in [0.25, 0.3) is 5.91 Å². The molecule has 0 bridgehead atoms. The highest BCUT2D eigenvalue weighted by molar-refractivity contribution is 6.00. The van der Waals surface area contributed by atoms with Gasteiger partial charge in [-0.25, -0.2) is 0 Å². The third kappa shape index (κ3) is 3.09. The fraction of sp³-hybridized carbons (Fsp3) is 0.667. The molecule has 1 unspecified atom stereocenters. The first-order valence-electron chi connectivity index (χ1n) is 7.54. The fourth-order valence-electron chi connectivity index (χ4n) is 3.20. The zero-order chi connectivity index (χ0) is 17.0. The largest absolute Gasteiger partial charge is 0.382 e. The lowest BCUT2D eigenvalue weighted by Gasteiger charge is -2.36. The minimum Gasteiger partial charge on any atom is -0.382 e. The van der Waals surface area contributed by atoms with Crippen LogP contribution >= 0.6 is 0 Å². The Balaban J connectivity index is 2.38. The molecule has 0 spiro atoms. The maximum atomic E-state index is 13.0. The maximum absolute atomic E-state index is 13.0. The molecule has 8 nitrogen and oxygen atoms in total. The molecule has 0 saturated carbocycles. The quantitative estimate of drug-likeness (QED) is 0.792. The predicted octanol–water partition coefficient (Wildman–Crippen LogP) is -0.0663. The van der Waals surface area contributed by atoms with Crippen LogP contribution in [0.15, 0.2) is 6.20 Å². The van der Waals surface area contributed by atoms with Crippen molar-refractivity contribution in [3.05, 3.63) is 17.5 Å². The molecule has 2 rings (SSSR count). The van der Waals surface area contributed by atoms with Gasteiger partial charge in [0.2, 0.25) is 5.91 Å². The Bertz CT molecular complexity index is 586. The molecular weight excluding hydrogens is 300 g/mol. The van der Waals surface area contributed by atoms with E-state index in [4.69, 9.17) is 9.47 Å². The van der Waals surface area contributed by atoms with Crippen LogP contribution in [0.1, 0.15) is 28.9 Å². The van der Waals surface area contributed by atoms with Gasteiger partial charge in [0.05, 0.1) is 18.8 Å². The molecule has 1 aromatic heterocycles. The molecule has 1 fully saturated rings. The molecule has 0 radical (unpaired) electrons. The molecule has 2 amide bonds. The van der Waals surface area contributed by atoms with Gasteiger partial charge in [-0.3, -0.25) is 14.3 Å². The number of nitrogens with one attached hydrogen (secondary N) is 1. The monoisotopic (exact) mass is 324 g/mol. The highest BCUT2D eigenvalue weighted by atomic mass is 16.5. The summed E-state index contributed by atoms with van der Waals surface area (Å²) >= 11 is 0. The second-order valence-corrected chi connectivity index (χ2v) is 5.70. The van der Waals surface area contributed by atoms with Gasteiger partial charge in [-0.2, -0.15) is 5.10 Å². The summed E-state index contributed by atoms with van der Waals surface area (Å²) in [4.78, 5) is 27.1. The predicted molar refractivity (Wildman–Crippen MR) is 82.9 cm³/mol. The Morgan fingerprint density at radius 2 is 2.13 bits per heavy atom. The standard InChI is InChI=1S/C15H24N4O4/c1-16-14(21)15(10-23-4)6-5-7-19(15)13(20)11-8-18(2)17-12(11)9-22-3/h8H,5-7,9-10H2,1-4H3,(H,16,21). The van der Waals surface area contributed by atoms with Crippen molar-refractivity contribution in [2.45, 2.75) is 25.0 Å². The zero-order valence-electron chi connectivity index (χ0n) is 14.1. The Hall–Kier alpha value is -1.93. The average molecular weight is 324 g/mol. The van der Waals surface area contributed by atoms with Crippen molar-refractivity contribution >= 4 is 11.8 Å². The molecule has 0 aromatic carbocycles. The number of carbonyl (C=O) groups excluding carboxylic acids is 2. The molecule has 2 heterocycles. The highest BCUT2D eigenvalue weighted by Crippen LogP contribution is 2.32. The number of ether oxygens (including phenoxy) is 2. The Kier molecular flexibility index (Phi) is 5.38. The van der Waals surface area contributed by atoms with Crippen LogP contribution in [-0.2, 0) is 27.9 Å². The number of likely N-dealkylation sites (N-methyl/N-ethyl adjacent to an activating group) is 1. The van der Waals surface area contributed by atoms with Crippen LogP contribution < -0.4 is 5.32 Å². The SMILES string of the molecule is CNC(=O)C1(COC)CCCN1C(=O)c1cn(C)nc1COC. The van der Waals surface area contributed by atoms with E-state index in [1.54, 1.807) is 37.0 Å². The normalized spacial score (nSPS) is 20.8. The van der Waals surface area contributed by atoms with Crippen LogP contribution in [0, 0.1) is 0 Å². The number of rotatable bonds is 6. The van der Waals surface area contributed by atoms with Gasteiger partial charge in [0.1, 0.15) is 11.2 Å². The number of methoxy groups -OCH3 is 2. The van der Waals surface area contributed by atoms with Gasteiger partial charge < -0.3 is 19.7 Å². The summed E-state index contributed by atoms with van der Waals surface area (Å²) in [6.07, 6.45) is 2.99. The van der Waals surface area contributed by atoms with Crippen LogP contribution in [0.2, 0.25) is 0 Å². The highest BCUT2D eigenvalue weighted by Gasteiger charge is 2.50. The lowest BCUT2D eigenvalue weighted by Crippen LogP contribution is -2.59. The smallest absolute Gasteiger partial charge is 0.258 e. The van der Waals surface area contributed by atoms with Crippen molar-refractivity contribution in [3.8, 4) is 0 Å². The molecule has 0 aliphatic carbocycles. The first kappa shape index (κ1) is 17.4. The number of aromatic nitrogens is 2. The third-order valence-electron chi connectivity index (χ3n) is 4.18. The number of carbonyl (C=O) groups is 2. The van der Waals surface area contributed by atoms with E-state index < -0.39 is 5.54 Å². The van der Waals surface area contributed by atoms with Crippen molar-refractivity contribution in [2.75, 3.05) is 34.4 Å². The van der Waals surface area contributed by atoms with Crippen LogP contribution in [0.5, 0.6) is 0 Å². The lowest BCUT2D eigenvalue weighted by molar-refractivity contribution is -0.133. The molecule has 23 heavy (non-hydrogen) atoms. The average Bonchev–Trinajstić information content (AvgIpc) is 3.11. The molecule has 1 aromatic rings. The minimum atomic E-state index is -0.971. The summed E-state index contributed by atoms with van der Waals surface area (Å²) in [6.45, 7) is 0.919. The van der Waals surface area contributed by atoms with Crippen molar-refractivity contribution in [2.24, 2.45) is 7.05 Å². The van der Waals surface area contributed by atoms with Gasteiger partial charge in [-0.1, -0.05) is 0 Å². The number of likely N-dealkylation sites (tertiary alicyclic amines) is 1. The molecule has 1 N–H and O–H groups in total. The van der Waals surface area contributed by atoms with E-state index in [0.29, 0.717) is 24.2 Å².